The average Bonchev–Trinajstić information content (AvgIpc) is 3.13. The van der Waals surface area contributed by atoms with Crippen LogP contribution >= 0.6 is 0 Å². The molecule has 0 bridgehead atoms. The molecule has 3 heterocycles. The number of nitrogens with one attached hydrogen (secondary N) is 1. The third-order valence-electron chi connectivity index (χ3n) is 5.96. The lowest BCUT2D eigenvalue weighted by molar-refractivity contribution is -0.918. The van der Waals surface area contributed by atoms with Crippen molar-refractivity contribution in [2.24, 2.45) is 0 Å². The number of imidazole rings is 1. The fraction of sp³-hybridized carbons (Fsp3) is 0.292. The molecule has 2 aromatic carbocycles. The second kappa shape index (κ2) is 7.28. The van der Waals surface area contributed by atoms with E-state index in [0.717, 1.165) is 29.2 Å². The molecule has 1 fully saturated rings. The lowest BCUT2D eigenvalue weighted by Crippen LogP contribution is -3.11. The van der Waals surface area contributed by atoms with E-state index in [9.17, 15) is 0 Å². The number of piperidine rings is 1. The molecule has 1 saturated heterocycles. The van der Waals surface area contributed by atoms with Crippen molar-refractivity contribution in [1.82, 2.24) is 9.38 Å². The smallest absolute Gasteiger partial charge is 0.145 e. The molecule has 2 aromatic heterocycles. The van der Waals surface area contributed by atoms with Gasteiger partial charge in [-0.2, -0.15) is 0 Å². The highest BCUT2D eigenvalue weighted by atomic mass is 16.5. The van der Waals surface area contributed by atoms with Crippen molar-refractivity contribution in [3.63, 3.8) is 0 Å². The molecule has 0 spiro atoms. The van der Waals surface area contributed by atoms with Gasteiger partial charge in [-0.3, -0.25) is 4.40 Å². The molecule has 0 radical (unpaired) electrons. The van der Waals surface area contributed by atoms with Crippen LogP contribution in [0.25, 0.3) is 27.7 Å². The van der Waals surface area contributed by atoms with Crippen molar-refractivity contribution in [2.75, 3.05) is 20.2 Å². The largest absolute Gasteiger partial charge is 0.497 e. The van der Waals surface area contributed by atoms with E-state index in [4.69, 9.17) is 9.72 Å². The highest BCUT2D eigenvalue weighted by Gasteiger charge is 2.22. The average molecular weight is 372 g/mol. The summed E-state index contributed by atoms with van der Waals surface area (Å²) >= 11 is 0. The SMILES string of the molecule is COc1ccc(-c2nc3c4ccccc4ccn3c2C[NH+]2CCCCC2)cc1. The minimum atomic E-state index is 0.876. The fourth-order valence-electron chi connectivity index (χ4n) is 4.43. The van der Waals surface area contributed by atoms with Gasteiger partial charge in [-0.05, 0) is 55.0 Å². The zero-order valence-electron chi connectivity index (χ0n) is 16.3. The predicted octanol–water partition coefficient (Wildman–Crippen LogP) is 3.73. The number of quaternary nitrogens is 1. The van der Waals surface area contributed by atoms with E-state index in [-0.39, 0.29) is 0 Å². The van der Waals surface area contributed by atoms with Crippen molar-refractivity contribution < 1.29 is 9.64 Å². The molecule has 1 aliphatic heterocycles. The quantitative estimate of drug-likeness (QED) is 0.592. The number of ether oxygens (including phenoxy) is 1. The number of pyridine rings is 1. The topological polar surface area (TPSA) is 31.0 Å². The van der Waals surface area contributed by atoms with Gasteiger partial charge in [0.15, 0.2) is 0 Å². The Hall–Kier alpha value is -2.85. The predicted molar refractivity (Wildman–Crippen MR) is 113 cm³/mol. The van der Waals surface area contributed by atoms with Gasteiger partial charge in [0, 0.05) is 17.1 Å². The Kier molecular flexibility index (Phi) is 4.49. The van der Waals surface area contributed by atoms with Crippen LogP contribution in [0.5, 0.6) is 5.75 Å². The van der Waals surface area contributed by atoms with Crippen molar-refractivity contribution in [3.8, 4) is 17.0 Å². The molecule has 0 aliphatic carbocycles. The maximum absolute atomic E-state index is 5.34. The molecule has 5 rings (SSSR count). The number of aromatic nitrogens is 2. The van der Waals surface area contributed by atoms with E-state index >= 15 is 0 Å². The molecule has 4 heteroatoms. The van der Waals surface area contributed by atoms with Crippen LogP contribution in [0.15, 0.2) is 60.8 Å². The minimum Gasteiger partial charge on any atom is -0.497 e. The number of rotatable bonds is 4. The second-order valence-electron chi connectivity index (χ2n) is 7.72. The number of fused-ring (bicyclic) bond motifs is 3. The van der Waals surface area contributed by atoms with Crippen LogP contribution in [-0.2, 0) is 6.54 Å². The first-order valence-electron chi connectivity index (χ1n) is 10.2. The van der Waals surface area contributed by atoms with Crippen LogP contribution in [0.3, 0.4) is 0 Å². The maximum atomic E-state index is 5.34. The van der Waals surface area contributed by atoms with Crippen molar-refractivity contribution in [1.29, 1.82) is 0 Å². The highest BCUT2D eigenvalue weighted by molar-refractivity contribution is 5.95. The van der Waals surface area contributed by atoms with Crippen molar-refractivity contribution in [2.45, 2.75) is 25.8 Å². The van der Waals surface area contributed by atoms with E-state index in [2.05, 4.69) is 53.1 Å². The van der Waals surface area contributed by atoms with E-state index in [1.165, 1.54) is 48.8 Å². The van der Waals surface area contributed by atoms with Gasteiger partial charge in [0.2, 0.25) is 0 Å². The molecule has 142 valence electrons. The Balaban J connectivity index is 1.69. The molecular formula is C24H26N3O+. The first-order chi connectivity index (χ1) is 13.8. The molecule has 28 heavy (non-hydrogen) atoms. The molecule has 1 N–H and O–H groups in total. The molecule has 0 saturated carbocycles. The lowest BCUT2D eigenvalue weighted by atomic mass is 10.1. The minimum absolute atomic E-state index is 0.876. The summed E-state index contributed by atoms with van der Waals surface area (Å²) in [5.41, 5.74) is 4.61. The number of likely N-dealkylation sites (tertiary alicyclic amines) is 1. The van der Waals surface area contributed by atoms with Gasteiger partial charge in [-0.15, -0.1) is 0 Å². The molecule has 1 aliphatic rings. The fourth-order valence-corrected chi connectivity index (χ4v) is 4.43. The molecule has 0 atom stereocenters. The summed E-state index contributed by atoms with van der Waals surface area (Å²) in [5, 5.41) is 2.44. The zero-order chi connectivity index (χ0) is 18.9. The summed E-state index contributed by atoms with van der Waals surface area (Å²) in [7, 11) is 1.71. The van der Waals surface area contributed by atoms with E-state index in [1.54, 1.807) is 12.0 Å². The maximum Gasteiger partial charge on any atom is 0.145 e. The molecular weight excluding hydrogens is 346 g/mol. The monoisotopic (exact) mass is 372 g/mol. The van der Waals surface area contributed by atoms with Gasteiger partial charge >= 0.3 is 0 Å². The van der Waals surface area contributed by atoms with Crippen molar-refractivity contribution in [3.05, 3.63) is 66.5 Å². The zero-order valence-corrected chi connectivity index (χ0v) is 16.3. The Labute approximate surface area is 165 Å². The van der Waals surface area contributed by atoms with Gasteiger partial charge in [0.05, 0.1) is 25.9 Å². The van der Waals surface area contributed by atoms with Gasteiger partial charge in [-0.25, -0.2) is 4.98 Å². The molecule has 4 aromatic rings. The second-order valence-corrected chi connectivity index (χ2v) is 7.72. The highest BCUT2D eigenvalue weighted by Crippen LogP contribution is 2.29. The summed E-state index contributed by atoms with van der Waals surface area (Å²) in [5.74, 6) is 0.876. The number of hydrogen-bond acceptors (Lipinski definition) is 2. The van der Waals surface area contributed by atoms with E-state index in [0.29, 0.717) is 0 Å². The van der Waals surface area contributed by atoms with Gasteiger partial charge in [0.1, 0.15) is 23.6 Å². The molecule has 4 nitrogen and oxygen atoms in total. The Morgan fingerprint density at radius 2 is 1.75 bits per heavy atom. The summed E-state index contributed by atoms with van der Waals surface area (Å²) in [6.45, 7) is 3.52. The van der Waals surface area contributed by atoms with Crippen molar-refractivity contribution >= 4 is 16.4 Å². The van der Waals surface area contributed by atoms with Crippen LogP contribution in [0.2, 0.25) is 0 Å². The van der Waals surface area contributed by atoms with Crippen LogP contribution in [0.4, 0.5) is 0 Å². The first kappa shape index (κ1) is 17.3. The first-order valence-corrected chi connectivity index (χ1v) is 10.2. The van der Waals surface area contributed by atoms with E-state index in [1.807, 2.05) is 12.1 Å². The number of hydrogen-bond donors (Lipinski definition) is 1. The van der Waals surface area contributed by atoms with Crippen LogP contribution in [0.1, 0.15) is 25.0 Å². The Bertz CT molecular complexity index is 1110. The normalized spacial score (nSPS) is 15.3. The summed E-state index contributed by atoms with van der Waals surface area (Å²) in [6, 6.07) is 19.0. The van der Waals surface area contributed by atoms with Crippen LogP contribution < -0.4 is 9.64 Å². The van der Waals surface area contributed by atoms with Gasteiger partial charge in [0.25, 0.3) is 0 Å². The number of benzene rings is 2. The summed E-state index contributed by atoms with van der Waals surface area (Å²) in [4.78, 5) is 6.80. The van der Waals surface area contributed by atoms with Crippen LogP contribution in [0, 0.1) is 0 Å². The van der Waals surface area contributed by atoms with Gasteiger partial charge in [-0.1, -0.05) is 24.3 Å². The number of nitrogens with zero attached hydrogens (tertiary/aromatic N) is 2. The summed E-state index contributed by atoms with van der Waals surface area (Å²) < 4.78 is 7.65. The summed E-state index contributed by atoms with van der Waals surface area (Å²) in [6.07, 6.45) is 6.21. The van der Waals surface area contributed by atoms with Gasteiger partial charge < -0.3 is 9.64 Å². The molecule has 0 unspecified atom stereocenters. The third kappa shape index (κ3) is 3.04. The third-order valence-corrected chi connectivity index (χ3v) is 5.96. The number of methoxy groups -OCH3 is 1. The van der Waals surface area contributed by atoms with Crippen LogP contribution in [-0.4, -0.2) is 29.6 Å². The molecule has 0 amide bonds. The standard InChI is InChI=1S/C24H25N3O/c1-28-20-11-9-19(10-12-20)23-22(17-26-14-5-2-6-15-26)27-16-13-18-7-3-4-8-21(18)24(27)25-23/h3-4,7-13,16H,2,5-6,14-15,17H2,1H3/p+1. The van der Waals surface area contributed by atoms with E-state index < -0.39 is 0 Å². The Morgan fingerprint density at radius 3 is 2.54 bits per heavy atom. The lowest BCUT2D eigenvalue weighted by Gasteiger charge is -2.23. The Morgan fingerprint density at radius 1 is 0.964 bits per heavy atom.